The second kappa shape index (κ2) is 9.75. The van der Waals surface area contributed by atoms with E-state index in [0.717, 1.165) is 17.0 Å². The van der Waals surface area contributed by atoms with E-state index in [1.54, 1.807) is 21.0 Å². The van der Waals surface area contributed by atoms with Gasteiger partial charge in [0.2, 0.25) is 0 Å². The van der Waals surface area contributed by atoms with E-state index in [1.165, 1.54) is 18.5 Å². The van der Waals surface area contributed by atoms with Crippen LogP contribution in [0.25, 0.3) is 0 Å². The van der Waals surface area contributed by atoms with Crippen LogP contribution in [0.1, 0.15) is 22.3 Å². The molecule has 4 N–H and O–H groups in total. The lowest BCUT2D eigenvalue weighted by molar-refractivity contribution is -0.325. The minimum atomic E-state index is -0.412. The number of ketones is 1. The average molecular weight is 293 g/mol. The van der Waals surface area contributed by atoms with Crippen molar-refractivity contribution in [2.45, 2.75) is 13.8 Å². The summed E-state index contributed by atoms with van der Waals surface area (Å²) in [6, 6.07) is 0. The van der Waals surface area contributed by atoms with Crippen LogP contribution < -0.4 is 15.9 Å². The Bertz CT molecular complexity index is 452. The first-order chi connectivity index (χ1) is 8.31. The van der Waals surface area contributed by atoms with E-state index >= 15 is 0 Å². The molecule has 0 aliphatic carbocycles. The molecule has 1 amide bonds. The minimum Gasteiger partial charge on any atom is -0.719 e. The van der Waals surface area contributed by atoms with Crippen molar-refractivity contribution in [3.05, 3.63) is 20.2 Å². The zero-order valence-electron chi connectivity index (χ0n) is 11.2. The Hall–Kier alpha value is -1.25. The van der Waals surface area contributed by atoms with E-state index in [9.17, 15) is 14.4 Å². The van der Waals surface area contributed by atoms with Crippen molar-refractivity contribution in [2.75, 3.05) is 14.1 Å². The molecule has 0 aliphatic heterocycles. The van der Waals surface area contributed by atoms with Gasteiger partial charge < -0.3 is 33.0 Å². The Labute approximate surface area is 116 Å². The number of amides is 1. The lowest BCUT2D eigenvalue weighted by Gasteiger charge is -1.95. The number of nitrogens with one attached hydrogen (secondary N) is 1. The van der Waals surface area contributed by atoms with Crippen molar-refractivity contribution in [2.24, 2.45) is 7.05 Å². The summed E-state index contributed by atoms with van der Waals surface area (Å²) in [5.74, 6) is -0.0369. The monoisotopic (exact) mass is 293 g/mol. The Morgan fingerprint density at radius 1 is 1.39 bits per heavy atom. The third kappa shape index (κ3) is 6.48. The number of carbonyl (C=O) groups is 2. The Kier molecular flexibility index (Phi) is 10.3. The molecular formula is C10H19N3O3S2. The van der Waals surface area contributed by atoms with Crippen LogP contribution in [0.3, 0.4) is 0 Å². The molecule has 0 saturated carbocycles. The SMILES string of the molecule is CC(=O)c1sc(=O)n(C)c1C.CNC(=O)[S-].C[NH3+]. The standard InChI is InChI=1S/C7H9NO2S.C2H5NOS.CH5N/c1-4-6(5(2)9)11-7(10)8(4)3;1-3-2(4)5;1-2/h1-3H3;1H3,(H2,3,4,5);2H2,1H3. The van der Waals surface area contributed by atoms with Crippen LogP contribution in [0.5, 0.6) is 0 Å². The fourth-order valence-electron chi connectivity index (χ4n) is 0.845. The predicted molar refractivity (Wildman–Crippen MR) is 74.9 cm³/mol. The minimum absolute atomic E-state index is 0.0369. The predicted octanol–water partition coefficient (Wildman–Crippen LogP) is -0.311. The Morgan fingerprint density at radius 2 is 1.78 bits per heavy atom. The van der Waals surface area contributed by atoms with Crippen LogP contribution in [0.2, 0.25) is 0 Å². The molecule has 18 heavy (non-hydrogen) atoms. The van der Waals surface area contributed by atoms with Gasteiger partial charge >= 0.3 is 4.87 Å². The van der Waals surface area contributed by atoms with Crippen molar-refractivity contribution in [3.63, 3.8) is 0 Å². The van der Waals surface area contributed by atoms with Gasteiger partial charge in [0.25, 0.3) is 0 Å². The molecule has 0 bridgehead atoms. The highest BCUT2D eigenvalue weighted by Gasteiger charge is 2.10. The van der Waals surface area contributed by atoms with Gasteiger partial charge in [-0.15, -0.1) is 0 Å². The van der Waals surface area contributed by atoms with Gasteiger partial charge in [-0.25, -0.2) is 0 Å². The molecule has 0 fully saturated rings. The summed E-state index contributed by atoms with van der Waals surface area (Å²) in [4.78, 5) is 31.9. The first-order valence-electron chi connectivity index (χ1n) is 5.08. The maximum absolute atomic E-state index is 11.0. The molecule has 0 aromatic carbocycles. The van der Waals surface area contributed by atoms with E-state index in [2.05, 4.69) is 23.7 Å². The number of rotatable bonds is 1. The van der Waals surface area contributed by atoms with Gasteiger partial charge in [-0.05, 0) is 6.92 Å². The molecular weight excluding hydrogens is 274 g/mol. The third-order valence-electron chi connectivity index (χ3n) is 1.82. The molecule has 1 aromatic rings. The van der Waals surface area contributed by atoms with Gasteiger partial charge in [-0.1, -0.05) is 11.3 Å². The quantitative estimate of drug-likeness (QED) is 0.548. The average Bonchev–Trinajstić information content (AvgIpc) is 2.60. The van der Waals surface area contributed by atoms with Crippen LogP contribution in [-0.4, -0.2) is 29.7 Å². The van der Waals surface area contributed by atoms with Gasteiger partial charge in [0, 0.05) is 26.7 Å². The van der Waals surface area contributed by atoms with Gasteiger partial charge in [0.15, 0.2) is 5.78 Å². The number of hydrogen-bond donors (Lipinski definition) is 2. The van der Waals surface area contributed by atoms with Crippen LogP contribution in [-0.2, 0) is 19.7 Å². The van der Waals surface area contributed by atoms with Gasteiger partial charge in [-0.2, -0.15) is 0 Å². The second-order valence-corrected chi connectivity index (χ2v) is 4.27. The van der Waals surface area contributed by atoms with Crippen molar-refractivity contribution in [1.29, 1.82) is 0 Å². The number of quaternary nitrogens is 1. The fraction of sp³-hybridized carbons (Fsp3) is 0.500. The number of aromatic nitrogens is 1. The molecule has 6 nitrogen and oxygen atoms in total. The summed E-state index contributed by atoms with van der Waals surface area (Å²) < 4.78 is 1.49. The molecule has 0 saturated heterocycles. The topological polar surface area (TPSA) is 95.8 Å². The summed E-state index contributed by atoms with van der Waals surface area (Å²) in [7, 11) is 4.91. The van der Waals surface area contributed by atoms with Crippen LogP contribution in [0.4, 0.5) is 4.79 Å². The number of nitrogens with zero attached hydrogens (tertiary/aromatic N) is 1. The highest BCUT2D eigenvalue weighted by molar-refractivity contribution is 7.76. The zero-order valence-corrected chi connectivity index (χ0v) is 12.8. The van der Waals surface area contributed by atoms with Crippen molar-refractivity contribution in [1.82, 2.24) is 9.88 Å². The molecule has 0 radical (unpaired) electrons. The third-order valence-corrected chi connectivity index (χ3v) is 3.26. The normalized spacial score (nSPS) is 8.33. The number of Topliss-reactive ketones (excluding diaryl/α,β-unsaturated/α-hetero) is 1. The lowest BCUT2D eigenvalue weighted by Crippen LogP contribution is -2.40. The first-order valence-corrected chi connectivity index (χ1v) is 6.30. The summed E-state index contributed by atoms with van der Waals surface area (Å²) in [6.07, 6.45) is 0. The van der Waals surface area contributed by atoms with Gasteiger partial charge in [-0.3, -0.25) is 9.59 Å². The first kappa shape index (κ1) is 19.1. The van der Waals surface area contributed by atoms with Crippen LogP contribution >= 0.6 is 11.3 Å². The van der Waals surface area contributed by atoms with Crippen molar-refractivity contribution < 1.29 is 15.3 Å². The fourth-order valence-corrected chi connectivity index (χ4v) is 1.72. The molecule has 0 aliphatic rings. The maximum atomic E-state index is 11.0. The summed E-state index contributed by atoms with van der Waals surface area (Å²) >= 11 is 5.04. The molecule has 1 rings (SSSR count). The lowest BCUT2D eigenvalue weighted by atomic mass is 10.3. The zero-order chi connectivity index (χ0) is 14.9. The Balaban J connectivity index is 0. The van der Waals surface area contributed by atoms with E-state index in [0.29, 0.717) is 4.88 Å². The molecule has 1 heterocycles. The summed E-state index contributed by atoms with van der Waals surface area (Å²) in [5, 5.41) is 1.79. The highest BCUT2D eigenvalue weighted by Crippen LogP contribution is 2.10. The summed E-state index contributed by atoms with van der Waals surface area (Å²) in [6.45, 7) is 3.24. The van der Waals surface area contributed by atoms with Crippen molar-refractivity contribution >= 4 is 35.0 Å². The van der Waals surface area contributed by atoms with E-state index < -0.39 is 5.24 Å². The smallest absolute Gasteiger partial charge is 0.307 e. The van der Waals surface area contributed by atoms with E-state index in [-0.39, 0.29) is 10.7 Å². The van der Waals surface area contributed by atoms with Crippen LogP contribution in [0.15, 0.2) is 4.79 Å². The van der Waals surface area contributed by atoms with E-state index in [4.69, 9.17) is 0 Å². The number of carbonyl (C=O) groups excluding carboxylic acids is 2. The molecule has 0 spiro atoms. The molecule has 0 atom stereocenters. The van der Waals surface area contributed by atoms with Gasteiger partial charge in [0.05, 0.1) is 17.2 Å². The maximum Gasteiger partial charge on any atom is 0.307 e. The molecule has 104 valence electrons. The molecule has 0 unspecified atom stereocenters. The van der Waals surface area contributed by atoms with Crippen molar-refractivity contribution in [3.8, 4) is 0 Å². The number of hydrogen-bond acceptors (Lipinski definition) is 5. The second-order valence-electron chi connectivity index (χ2n) is 2.94. The Morgan fingerprint density at radius 3 is 1.89 bits per heavy atom. The molecule has 8 heteroatoms. The molecule has 1 aromatic heterocycles. The largest absolute Gasteiger partial charge is 0.719 e. The summed E-state index contributed by atoms with van der Waals surface area (Å²) in [5.41, 5.74) is 4.01. The van der Waals surface area contributed by atoms with Gasteiger partial charge in [0.1, 0.15) is 0 Å². The number of thiazole rings is 1. The highest BCUT2D eigenvalue weighted by atomic mass is 32.1. The van der Waals surface area contributed by atoms with Crippen LogP contribution in [0, 0.1) is 6.92 Å². The van der Waals surface area contributed by atoms with E-state index in [1.807, 2.05) is 0 Å².